The maximum absolute atomic E-state index is 13.2. The number of rotatable bonds is 7. The molecule has 3 aromatic heterocycles. The summed E-state index contributed by atoms with van der Waals surface area (Å²) in [5.74, 6) is 0.641. The Morgan fingerprint density at radius 2 is 1.89 bits per heavy atom. The molecule has 0 spiro atoms. The molecule has 2 fully saturated rings. The zero-order chi connectivity index (χ0) is 26.3. The number of pyridine rings is 1. The third-order valence-corrected chi connectivity index (χ3v) is 8.14. The van der Waals surface area contributed by atoms with Crippen molar-refractivity contribution in [2.24, 2.45) is 7.05 Å². The summed E-state index contributed by atoms with van der Waals surface area (Å²) in [6.45, 7) is 8.08. The lowest BCUT2D eigenvalue weighted by molar-refractivity contribution is 0.101. The van der Waals surface area contributed by atoms with E-state index in [9.17, 15) is 15.3 Å². The van der Waals surface area contributed by atoms with Crippen LogP contribution in [0, 0.1) is 22.7 Å². The van der Waals surface area contributed by atoms with Crippen LogP contribution in [0.25, 0.3) is 5.65 Å². The van der Waals surface area contributed by atoms with Gasteiger partial charge in [-0.2, -0.15) is 10.5 Å². The van der Waals surface area contributed by atoms with Crippen molar-refractivity contribution in [3.8, 4) is 12.1 Å². The fraction of sp³-hybridized carbons (Fsp3) is 0.536. The number of nitriles is 2. The molecule has 3 atom stereocenters. The van der Waals surface area contributed by atoms with Gasteiger partial charge in [-0.3, -0.25) is 14.7 Å². The van der Waals surface area contributed by atoms with Crippen LogP contribution in [0.15, 0.2) is 29.3 Å². The van der Waals surface area contributed by atoms with Gasteiger partial charge in [-0.1, -0.05) is 19.9 Å². The van der Waals surface area contributed by atoms with Gasteiger partial charge in [0, 0.05) is 56.1 Å². The van der Waals surface area contributed by atoms with Gasteiger partial charge in [0.1, 0.15) is 17.3 Å². The van der Waals surface area contributed by atoms with Crippen molar-refractivity contribution in [2.75, 3.05) is 18.0 Å². The van der Waals surface area contributed by atoms with Gasteiger partial charge in [0.05, 0.1) is 24.4 Å². The maximum atomic E-state index is 13.2. The SMILES string of the molecule is CC[C@H]1CN(C(C)c2ccc(C3CC3)nc2)[C@H](CC)CN1c1c(C#N)c(=O)n(C)n2cc(CC#N)nc12. The van der Waals surface area contributed by atoms with Crippen LogP contribution in [0.2, 0.25) is 0 Å². The highest BCUT2D eigenvalue weighted by molar-refractivity contribution is 5.76. The highest BCUT2D eigenvalue weighted by Gasteiger charge is 2.38. The number of hydrogen-bond donors (Lipinski definition) is 0. The Balaban J connectivity index is 1.53. The molecule has 9 heteroatoms. The number of anilines is 1. The van der Waals surface area contributed by atoms with Gasteiger partial charge >= 0.3 is 0 Å². The van der Waals surface area contributed by atoms with Gasteiger partial charge in [-0.15, -0.1) is 0 Å². The first-order valence-electron chi connectivity index (χ1n) is 13.3. The van der Waals surface area contributed by atoms with Gasteiger partial charge in [-0.05, 0) is 44.2 Å². The van der Waals surface area contributed by atoms with Crippen LogP contribution in [0.4, 0.5) is 5.69 Å². The van der Waals surface area contributed by atoms with Crippen LogP contribution in [-0.4, -0.2) is 49.2 Å². The highest BCUT2D eigenvalue weighted by atomic mass is 16.1. The first-order chi connectivity index (χ1) is 17.9. The summed E-state index contributed by atoms with van der Waals surface area (Å²) in [5.41, 5.74) is 3.90. The molecule has 5 rings (SSSR count). The monoisotopic (exact) mass is 498 g/mol. The lowest BCUT2D eigenvalue weighted by Gasteiger charge is -2.49. The number of aromatic nitrogens is 4. The van der Waals surface area contributed by atoms with E-state index in [0.717, 1.165) is 19.4 Å². The predicted molar refractivity (Wildman–Crippen MR) is 141 cm³/mol. The second kappa shape index (κ2) is 9.99. The van der Waals surface area contributed by atoms with E-state index >= 15 is 0 Å². The van der Waals surface area contributed by atoms with E-state index in [4.69, 9.17) is 9.97 Å². The normalized spacial score (nSPS) is 21.1. The Kier molecular flexibility index (Phi) is 6.74. The van der Waals surface area contributed by atoms with E-state index < -0.39 is 0 Å². The van der Waals surface area contributed by atoms with Gasteiger partial charge < -0.3 is 4.90 Å². The predicted octanol–water partition coefficient (Wildman–Crippen LogP) is 3.68. The fourth-order valence-corrected chi connectivity index (χ4v) is 5.73. The fourth-order valence-electron chi connectivity index (χ4n) is 5.73. The minimum Gasteiger partial charge on any atom is -0.361 e. The lowest BCUT2D eigenvalue weighted by atomic mass is 9.96. The third kappa shape index (κ3) is 4.38. The molecule has 37 heavy (non-hydrogen) atoms. The van der Waals surface area contributed by atoms with Gasteiger partial charge in [-0.25, -0.2) is 14.2 Å². The van der Waals surface area contributed by atoms with Crippen molar-refractivity contribution in [3.63, 3.8) is 0 Å². The number of imidazole rings is 1. The number of aryl methyl sites for hydroxylation is 1. The van der Waals surface area contributed by atoms with Crippen LogP contribution in [-0.2, 0) is 13.5 Å². The van der Waals surface area contributed by atoms with Crippen molar-refractivity contribution < 1.29 is 0 Å². The minimum absolute atomic E-state index is 0.100. The molecule has 1 saturated heterocycles. The zero-order valence-corrected chi connectivity index (χ0v) is 22.1. The topological polar surface area (TPSA) is 106 Å². The Hall–Kier alpha value is -3.69. The van der Waals surface area contributed by atoms with E-state index in [0.29, 0.717) is 29.5 Å². The molecule has 1 aliphatic carbocycles. The highest BCUT2D eigenvalue weighted by Crippen LogP contribution is 2.39. The molecule has 0 aromatic carbocycles. The second-order valence-electron chi connectivity index (χ2n) is 10.3. The van der Waals surface area contributed by atoms with Gasteiger partial charge in [0.2, 0.25) is 0 Å². The second-order valence-corrected chi connectivity index (χ2v) is 10.3. The first-order valence-corrected chi connectivity index (χ1v) is 13.3. The number of piperazine rings is 1. The molecule has 192 valence electrons. The van der Waals surface area contributed by atoms with Crippen molar-refractivity contribution in [2.45, 2.75) is 76.9 Å². The molecular weight excluding hydrogens is 464 g/mol. The van der Waals surface area contributed by atoms with Crippen LogP contribution >= 0.6 is 0 Å². The standard InChI is InChI=1S/C28H34N8O/c1-5-22-17-35(26-24(13-30)28(37)33(4)36-15-21(11-12-29)32-27(26)36)23(6-2)16-34(22)18(3)20-9-10-25(31-14-20)19-7-8-19/h9-10,14-15,18-19,22-23H,5-8,11,16-17H2,1-4H3/t18?,22-,23+/m1/s1. The Labute approximate surface area is 217 Å². The number of nitrogens with zero attached hydrogens (tertiary/aromatic N) is 8. The van der Waals surface area contributed by atoms with E-state index in [-0.39, 0.29) is 35.7 Å². The summed E-state index contributed by atoms with van der Waals surface area (Å²) in [4.78, 5) is 27.4. The summed E-state index contributed by atoms with van der Waals surface area (Å²) in [7, 11) is 1.63. The maximum Gasteiger partial charge on any atom is 0.285 e. The van der Waals surface area contributed by atoms with Gasteiger partial charge in [0.25, 0.3) is 5.56 Å². The molecule has 1 aliphatic heterocycles. The van der Waals surface area contributed by atoms with E-state index in [2.05, 4.69) is 54.8 Å². The Bertz CT molecular complexity index is 1440. The molecule has 1 unspecified atom stereocenters. The molecule has 3 aromatic rings. The van der Waals surface area contributed by atoms with Crippen LogP contribution in [0.3, 0.4) is 0 Å². The Morgan fingerprint density at radius 3 is 2.49 bits per heavy atom. The quantitative estimate of drug-likeness (QED) is 0.489. The smallest absolute Gasteiger partial charge is 0.285 e. The van der Waals surface area contributed by atoms with E-state index in [1.807, 2.05) is 6.20 Å². The first kappa shape index (κ1) is 25.0. The molecule has 0 N–H and O–H groups in total. The van der Waals surface area contributed by atoms with Crippen molar-refractivity contribution >= 4 is 11.3 Å². The average molecular weight is 499 g/mol. The average Bonchev–Trinajstić information content (AvgIpc) is 3.69. The van der Waals surface area contributed by atoms with Crippen molar-refractivity contribution in [1.29, 1.82) is 10.5 Å². The third-order valence-electron chi connectivity index (χ3n) is 8.14. The molecular formula is C28H34N8O. The summed E-state index contributed by atoms with van der Waals surface area (Å²) in [5, 5.41) is 19.3. The lowest BCUT2D eigenvalue weighted by Crippen LogP contribution is -2.59. The summed E-state index contributed by atoms with van der Waals surface area (Å²) in [6.07, 6.45) is 8.19. The van der Waals surface area contributed by atoms with Crippen molar-refractivity contribution in [1.82, 2.24) is 24.1 Å². The minimum atomic E-state index is -0.355. The molecule has 4 heterocycles. The van der Waals surface area contributed by atoms with Crippen LogP contribution in [0.5, 0.6) is 0 Å². The van der Waals surface area contributed by atoms with Gasteiger partial charge in [0.15, 0.2) is 5.65 Å². The summed E-state index contributed by atoms with van der Waals surface area (Å²) in [6, 6.07) is 9.26. The summed E-state index contributed by atoms with van der Waals surface area (Å²) < 4.78 is 3.08. The summed E-state index contributed by atoms with van der Waals surface area (Å²) >= 11 is 0. The molecule has 0 amide bonds. The molecule has 1 saturated carbocycles. The number of fused-ring (bicyclic) bond motifs is 1. The van der Waals surface area contributed by atoms with Crippen LogP contribution < -0.4 is 10.5 Å². The molecule has 0 bridgehead atoms. The van der Waals surface area contributed by atoms with E-state index in [1.54, 1.807) is 17.8 Å². The number of hydrogen-bond acceptors (Lipinski definition) is 7. The van der Waals surface area contributed by atoms with Crippen molar-refractivity contribution in [3.05, 3.63) is 57.4 Å². The Morgan fingerprint density at radius 1 is 1.14 bits per heavy atom. The molecule has 0 radical (unpaired) electrons. The molecule has 2 aliphatic rings. The van der Waals surface area contributed by atoms with Crippen LogP contribution in [0.1, 0.15) is 80.9 Å². The zero-order valence-electron chi connectivity index (χ0n) is 22.1. The van der Waals surface area contributed by atoms with E-state index in [1.165, 1.54) is 28.8 Å². The molecule has 9 nitrogen and oxygen atoms in total. The largest absolute Gasteiger partial charge is 0.361 e.